The van der Waals surface area contributed by atoms with Crippen molar-refractivity contribution in [2.75, 3.05) is 24.3 Å². The lowest BCUT2D eigenvalue weighted by atomic mass is 10.1. The molecule has 4 N–H and O–H groups in total. The molecule has 0 spiro atoms. The number of rotatable bonds is 3. The molecule has 0 fully saturated rings. The molecule has 0 saturated carbocycles. The quantitative estimate of drug-likeness (QED) is 0.750. The molecule has 1 aliphatic heterocycles. The highest BCUT2D eigenvalue weighted by Crippen LogP contribution is 2.35. The maximum absolute atomic E-state index is 11.3. The number of nitrogen functional groups attached to an aromatic ring is 1. The average molecular weight is 286 g/mol. The SMILES string of the molecule is Nc1cccc(C(=O)O)c1Nc1ccc2c(c1)OCCO2. The van der Waals surface area contributed by atoms with E-state index in [2.05, 4.69) is 5.32 Å². The van der Waals surface area contributed by atoms with Gasteiger partial charge in [0.2, 0.25) is 0 Å². The van der Waals surface area contributed by atoms with E-state index in [1.165, 1.54) is 6.07 Å². The fourth-order valence-electron chi connectivity index (χ4n) is 2.15. The van der Waals surface area contributed by atoms with Gasteiger partial charge in [0.05, 0.1) is 16.9 Å². The van der Waals surface area contributed by atoms with Gasteiger partial charge in [0.15, 0.2) is 11.5 Å². The first-order chi connectivity index (χ1) is 10.1. The Morgan fingerprint density at radius 1 is 1.14 bits per heavy atom. The maximum atomic E-state index is 11.3. The minimum Gasteiger partial charge on any atom is -0.486 e. The number of carboxylic acid groups (broad SMARTS) is 1. The molecule has 6 heteroatoms. The number of anilines is 3. The summed E-state index contributed by atoms with van der Waals surface area (Å²) in [4.78, 5) is 11.3. The van der Waals surface area contributed by atoms with Gasteiger partial charge >= 0.3 is 5.97 Å². The second-order valence-electron chi connectivity index (χ2n) is 4.56. The van der Waals surface area contributed by atoms with Crippen LogP contribution in [0.15, 0.2) is 36.4 Å². The van der Waals surface area contributed by atoms with E-state index in [4.69, 9.17) is 15.2 Å². The van der Waals surface area contributed by atoms with E-state index in [0.717, 1.165) is 0 Å². The molecule has 0 saturated heterocycles. The Hall–Kier alpha value is -2.89. The van der Waals surface area contributed by atoms with Gasteiger partial charge in [0.1, 0.15) is 13.2 Å². The number of hydrogen-bond donors (Lipinski definition) is 3. The number of ether oxygens (including phenoxy) is 2. The van der Waals surface area contributed by atoms with Gasteiger partial charge in [-0.1, -0.05) is 6.07 Å². The molecule has 21 heavy (non-hydrogen) atoms. The fraction of sp³-hybridized carbons (Fsp3) is 0.133. The highest BCUT2D eigenvalue weighted by molar-refractivity contribution is 5.98. The topological polar surface area (TPSA) is 93.8 Å². The standard InChI is InChI=1S/C15H14N2O4/c16-11-3-1-2-10(15(18)19)14(11)17-9-4-5-12-13(8-9)21-7-6-20-12/h1-5,8,17H,6-7,16H2,(H,18,19). The monoisotopic (exact) mass is 286 g/mol. The zero-order valence-electron chi connectivity index (χ0n) is 11.1. The van der Waals surface area contributed by atoms with Crippen LogP contribution in [-0.4, -0.2) is 24.3 Å². The smallest absolute Gasteiger partial charge is 0.337 e. The number of nitrogens with two attached hydrogens (primary N) is 1. The predicted octanol–water partition coefficient (Wildman–Crippen LogP) is 2.48. The Morgan fingerprint density at radius 3 is 2.67 bits per heavy atom. The summed E-state index contributed by atoms with van der Waals surface area (Å²) in [5.74, 6) is 0.256. The Kier molecular flexibility index (Phi) is 3.27. The van der Waals surface area contributed by atoms with Crippen molar-refractivity contribution in [2.45, 2.75) is 0 Å². The van der Waals surface area contributed by atoms with Gasteiger partial charge in [0, 0.05) is 11.8 Å². The van der Waals surface area contributed by atoms with Crippen molar-refractivity contribution in [1.29, 1.82) is 0 Å². The van der Waals surface area contributed by atoms with E-state index in [1.807, 2.05) is 0 Å². The molecule has 0 aromatic heterocycles. The third kappa shape index (κ3) is 2.55. The fourth-order valence-corrected chi connectivity index (χ4v) is 2.15. The zero-order chi connectivity index (χ0) is 14.8. The lowest BCUT2D eigenvalue weighted by molar-refractivity contribution is 0.0698. The van der Waals surface area contributed by atoms with Crippen molar-refractivity contribution in [2.24, 2.45) is 0 Å². The lowest BCUT2D eigenvalue weighted by Crippen LogP contribution is -2.15. The molecule has 0 amide bonds. The number of aromatic carboxylic acids is 1. The van der Waals surface area contributed by atoms with Gasteiger partial charge in [-0.25, -0.2) is 4.79 Å². The molecule has 6 nitrogen and oxygen atoms in total. The van der Waals surface area contributed by atoms with Crippen LogP contribution in [0.1, 0.15) is 10.4 Å². The number of benzene rings is 2. The second-order valence-corrected chi connectivity index (χ2v) is 4.56. The van der Waals surface area contributed by atoms with Crippen LogP contribution >= 0.6 is 0 Å². The van der Waals surface area contributed by atoms with Crippen LogP contribution < -0.4 is 20.5 Å². The summed E-state index contributed by atoms with van der Waals surface area (Å²) in [6.45, 7) is 1.01. The Balaban J connectivity index is 1.95. The van der Waals surface area contributed by atoms with E-state index in [9.17, 15) is 9.90 Å². The van der Waals surface area contributed by atoms with E-state index >= 15 is 0 Å². The van der Waals surface area contributed by atoms with Crippen LogP contribution in [0.5, 0.6) is 11.5 Å². The molecule has 3 rings (SSSR count). The molecule has 2 aromatic rings. The average Bonchev–Trinajstić information content (AvgIpc) is 2.49. The first kappa shape index (κ1) is 13.1. The third-order valence-electron chi connectivity index (χ3n) is 3.14. The van der Waals surface area contributed by atoms with Gasteiger partial charge in [-0.15, -0.1) is 0 Å². The number of carbonyl (C=O) groups is 1. The van der Waals surface area contributed by atoms with Gasteiger partial charge in [0.25, 0.3) is 0 Å². The molecule has 108 valence electrons. The van der Waals surface area contributed by atoms with Gasteiger partial charge in [-0.2, -0.15) is 0 Å². The number of para-hydroxylation sites is 1. The Labute approximate surface area is 121 Å². The van der Waals surface area contributed by atoms with Gasteiger partial charge < -0.3 is 25.6 Å². The summed E-state index contributed by atoms with van der Waals surface area (Å²) in [6.07, 6.45) is 0. The summed E-state index contributed by atoms with van der Waals surface area (Å²) >= 11 is 0. The maximum Gasteiger partial charge on any atom is 0.337 e. The first-order valence-electron chi connectivity index (χ1n) is 6.43. The largest absolute Gasteiger partial charge is 0.486 e. The predicted molar refractivity (Wildman–Crippen MR) is 78.5 cm³/mol. The van der Waals surface area contributed by atoms with Gasteiger partial charge in [-0.05, 0) is 24.3 Å². The van der Waals surface area contributed by atoms with E-state index in [0.29, 0.717) is 41.8 Å². The van der Waals surface area contributed by atoms with Crippen molar-refractivity contribution in [3.8, 4) is 11.5 Å². The van der Waals surface area contributed by atoms with Crippen molar-refractivity contribution < 1.29 is 19.4 Å². The van der Waals surface area contributed by atoms with E-state index in [1.54, 1.807) is 30.3 Å². The molecule has 0 aliphatic carbocycles. The third-order valence-corrected chi connectivity index (χ3v) is 3.14. The first-order valence-corrected chi connectivity index (χ1v) is 6.43. The molecule has 0 atom stereocenters. The minimum atomic E-state index is -1.04. The molecule has 1 aliphatic rings. The molecular formula is C15H14N2O4. The molecule has 0 radical (unpaired) electrons. The van der Waals surface area contributed by atoms with Crippen molar-refractivity contribution >= 4 is 23.0 Å². The number of carboxylic acids is 1. The number of nitrogens with one attached hydrogen (secondary N) is 1. The van der Waals surface area contributed by atoms with Crippen molar-refractivity contribution in [1.82, 2.24) is 0 Å². The normalized spacial score (nSPS) is 12.8. The van der Waals surface area contributed by atoms with Crippen molar-refractivity contribution in [3.63, 3.8) is 0 Å². The summed E-state index contributed by atoms with van der Waals surface area (Å²) in [7, 11) is 0. The molecular weight excluding hydrogens is 272 g/mol. The highest BCUT2D eigenvalue weighted by Gasteiger charge is 2.15. The molecule has 0 bridgehead atoms. The second kappa shape index (κ2) is 5.24. The summed E-state index contributed by atoms with van der Waals surface area (Å²) in [5.41, 5.74) is 7.39. The van der Waals surface area contributed by atoms with Crippen LogP contribution in [0.4, 0.5) is 17.1 Å². The zero-order valence-corrected chi connectivity index (χ0v) is 11.1. The van der Waals surface area contributed by atoms with Gasteiger partial charge in [-0.3, -0.25) is 0 Å². The van der Waals surface area contributed by atoms with Crippen LogP contribution in [0, 0.1) is 0 Å². The summed E-state index contributed by atoms with van der Waals surface area (Å²) in [5, 5.41) is 12.3. The Morgan fingerprint density at radius 2 is 1.90 bits per heavy atom. The minimum absolute atomic E-state index is 0.116. The number of fused-ring (bicyclic) bond motifs is 1. The van der Waals surface area contributed by atoms with Crippen LogP contribution in [-0.2, 0) is 0 Å². The summed E-state index contributed by atoms with van der Waals surface area (Å²) in [6, 6.07) is 10.1. The Bertz CT molecular complexity index is 700. The summed E-state index contributed by atoms with van der Waals surface area (Å²) < 4.78 is 10.9. The van der Waals surface area contributed by atoms with E-state index in [-0.39, 0.29) is 5.56 Å². The number of hydrogen-bond acceptors (Lipinski definition) is 5. The van der Waals surface area contributed by atoms with Crippen LogP contribution in [0.25, 0.3) is 0 Å². The lowest BCUT2D eigenvalue weighted by Gasteiger charge is -2.19. The van der Waals surface area contributed by atoms with Crippen LogP contribution in [0.3, 0.4) is 0 Å². The molecule has 2 aromatic carbocycles. The van der Waals surface area contributed by atoms with E-state index < -0.39 is 5.97 Å². The highest BCUT2D eigenvalue weighted by atomic mass is 16.6. The molecule has 0 unspecified atom stereocenters. The molecule has 1 heterocycles. The van der Waals surface area contributed by atoms with Crippen LogP contribution in [0.2, 0.25) is 0 Å². The van der Waals surface area contributed by atoms with Crippen molar-refractivity contribution in [3.05, 3.63) is 42.0 Å².